The number of ether oxygens (including phenoxy) is 3. The number of methoxy groups -OCH3 is 1. The van der Waals surface area contributed by atoms with Crippen LogP contribution in [-0.2, 0) is 9.53 Å². The molecule has 1 amide bonds. The monoisotopic (exact) mass is 528 g/mol. The van der Waals surface area contributed by atoms with Crippen molar-refractivity contribution in [2.45, 2.75) is 6.92 Å². The molecule has 170 valence electrons. The van der Waals surface area contributed by atoms with E-state index in [0.29, 0.717) is 43.9 Å². The van der Waals surface area contributed by atoms with Crippen LogP contribution < -0.4 is 9.47 Å². The van der Waals surface area contributed by atoms with E-state index in [9.17, 15) is 9.59 Å². The summed E-state index contributed by atoms with van der Waals surface area (Å²) in [5, 5.41) is 0.523. The number of esters is 1. The van der Waals surface area contributed by atoms with Gasteiger partial charge in [-0.15, -0.1) is 6.42 Å². The van der Waals surface area contributed by atoms with E-state index in [0.717, 1.165) is 5.56 Å². The van der Waals surface area contributed by atoms with Crippen LogP contribution in [0.2, 0.25) is 0 Å². The number of halogens is 1. The number of carbonyl (C=O) groups excluding carboxylic acids is 2. The number of hydrogen-bond donors (Lipinski definition) is 0. The van der Waals surface area contributed by atoms with E-state index in [1.807, 2.05) is 6.07 Å². The van der Waals surface area contributed by atoms with Crippen molar-refractivity contribution < 1.29 is 23.8 Å². The second-order valence-electron chi connectivity index (χ2n) is 6.66. The van der Waals surface area contributed by atoms with Crippen molar-refractivity contribution in [3.8, 4) is 23.8 Å². The van der Waals surface area contributed by atoms with Gasteiger partial charge in [0.1, 0.15) is 6.61 Å². The number of amidine groups is 1. The third-order valence-electron chi connectivity index (χ3n) is 4.46. The van der Waals surface area contributed by atoms with Gasteiger partial charge in [0.15, 0.2) is 16.7 Å². The van der Waals surface area contributed by atoms with Gasteiger partial charge in [0.2, 0.25) is 0 Å². The molecule has 2 aromatic rings. The minimum atomic E-state index is -0.387. The largest absolute Gasteiger partial charge is 0.493 e. The number of thioether (sulfide) groups is 1. The van der Waals surface area contributed by atoms with Crippen molar-refractivity contribution in [2.24, 2.45) is 4.99 Å². The fourth-order valence-electron chi connectivity index (χ4n) is 2.88. The predicted molar refractivity (Wildman–Crippen MR) is 133 cm³/mol. The lowest BCUT2D eigenvalue weighted by Gasteiger charge is -2.12. The van der Waals surface area contributed by atoms with Crippen molar-refractivity contribution in [3.05, 3.63) is 56.9 Å². The second kappa shape index (κ2) is 11.1. The van der Waals surface area contributed by atoms with E-state index in [4.69, 9.17) is 20.6 Å². The van der Waals surface area contributed by atoms with Gasteiger partial charge in [0, 0.05) is 7.05 Å². The topological polar surface area (TPSA) is 77.4 Å². The number of benzene rings is 2. The Morgan fingerprint density at radius 3 is 2.67 bits per heavy atom. The first-order valence-electron chi connectivity index (χ1n) is 9.85. The maximum absolute atomic E-state index is 12.8. The SMILES string of the molecule is C#CCOc1c(Br)cc(/C=C2\SC(=Nc3ccc(C(=O)OCC)cc3)N(C)C2=O)cc1OC. The van der Waals surface area contributed by atoms with Gasteiger partial charge in [-0.3, -0.25) is 9.69 Å². The molecule has 0 unspecified atom stereocenters. The van der Waals surface area contributed by atoms with E-state index in [1.54, 1.807) is 50.4 Å². The van der Waals surface area contributed by atoms with Gasteiger partial charge in [0.05, 0.1) is 34.3 Å². The summed E-state index contributed by atoms with van der Waals surface area (Å²) in [4.78, 5) is 31.1. The molecule has 7 nitrogen and oxygen atoms in total. The van der Waals surface area contributed by atoms with Crippen LogP contribution in [0, 0.1) is 12.3 Å². The number of aliphatic imine (C=N–C) groups is 1. The van der Waals surface area contributed by atoms with Gasteiger partial charge in [-0.1, -0.05) is 5.92 Å². The number of carbonyl (C=O) groups is 2. The smallest absolute Gasteiger partial charge is 0.338 e. The number of amides is 1. The first-order valence-corrected chi connectivity index (χ1v) is 11.5. The van der Waals surface area contributed by atoms with Crippen molar-refractivity contribution in [1.29, 1.82) is 0 Å². The Morgan fingerprint density at radius 2 is 2.03 bits per heavy atom. The summed E-state index contributed by atoms with van der Waals surface area (Å²) in [5.74, 6) is 2.84. The molecule has 3 rings (SSSR count). The van der Waals surface area contributed by atoms with Crippen LogP contribution in [0.25, 0.3) is 6.08 Å². The molecule has 9 heteroatoms. The van der Waals surface area contributed by atoms with E-state index >= 15 is 0 Å². The van der Waals surface area contributed by atoms with Crippen LogP contribution >= 0.6 is 27.7 Å². The zero-order valence-corrected chi connectivity index (χ0v) is 20.7. The molecule has 0 spiro atoms. The fraction of sp³-hybridized carbons (Fsp3) is 0.208. The molecule has 1 heterocycles. The van der Waals surface area contributed by atoms with Gasteiger partial charge in [-0.2, -0.15) is 0 Å². The predicted octanol–water partition coefficient (Wildman–Crippen LogP) is 4.88. The summed E-state index contributed by atoms with van der Waals surface area (Å²) in [6.07, 6.45) is 7.03. The molecule has 1 aliphatic rings. The summed E-state index contributed by atoms with van der Waals surface area (Å²) in [5.41, 5.74) is 1.81. The Bertz CT molecular complexity index is 1170. The summed E-state index contributed by atoms with van der Waals surface area (Å²) < 4.78 is 16.6. The maximum Gasteiger partial charge on any atom is 0.338 e. The number of nitrogens with zero attached hydrogens (tertiary/aromatic N) is 2. The van der Waals surface area contributed by atoms with Gasteiger partial charge in [-0.05, 0) is 82.7 Å². The molecule has 1 aliphatic heterocycles. The van der Waals surface area contributed by atoms with Crippen LogP contribution in [0.3, 0.4) is 0 Å². The van der Waals surface area contributed by atoms with Gasteiger partial charge in [-0.25, -0.2) is 9.79 Å². The average molecular weight is 529 g/mol. The highest BCUT2D eigenvalue weighted by atomic mass is 79.9. The summed E-state index contributed by atoms with van der Waals surface area (Å²) >= 11 is 4.72. The molecule has 33 heavy (non-hydrogen) atoms. The normalized spacial score (nSPS) is 15.6. The molecular weight excluding hydrogens is 508 g/mol. The van der Waals surface area contributed by atoms with Crippen molar-refractivity contribution in [1.82, 2.24) is 4.90 Å². The molecule has 0 bridgehead atoms. The van der Waals surface area contributed by atoms with E-state index in [-0.39, 0.29) is 18.5 Å². The maximum atomic E-state index is 12.8. The second-order valence-corrected chi connectivity index (χ2v) is 8.53. The number of rotatable bonds is 7. The lowest BCUT2D eigenvalue weighted by Crippen LogP contribution is -2.23. The van der Waals surface area contributed by atoms with Gasteiger partial charge < -0.3 is 14.2 Å². The number of terminal acetylenes is 1. The van der Waals surface area contributed by atoms with Crippen molar-refractivity contribution in [2.75, 3.05) is 27.4 Å². The minimum Gasteiger partial charge on any atom is -0.493 e. The summed E-state index contributed by atoms with van der Waals surface area (Å²) in [7, 11) is 3.19. The zero-order chi connectivity index (χ0) is 24.0. The van der Waals surface area contributed by atoms with E-state index in [1.165, 1.54) is 23.8 Å². The molecule has 0 aliphatic carbocycles. The number of likely N-dealkylation sites (N-methyl/N-ethyl adjacent to an activating group) is 1. The zero-order valence-electron chi connectivity index (χ0n) is 18.3. The molecule has 0 aromatic heterocycles. The van der Waals surface area contributed by atoms with Crippen molar-refractivity contribution in [3.63, 3.8) is 0 Å². The lowest BCUT2D eigenvalue weighted by molar-refractivity contribution is -0.121. The quantitative estimate of drug-likeness (QED) is 0.289. The summed E-state index contributed by atoms with van der Waals surface area (Å²) in [6.45, 7) is 2.17. The van der Waals surface area contributed by atoms with Gasteiger partial charge in [0.25, 0.3) is 5.91 Å². The van der Waals surface area contributed by atoms with Crippen LogP contribution in [0.1, 0.15) is 22.8 Å². The highest BCUT2D eigenvalue weighted by molar-refractivity contribution is 9.10. The molecule has 1 fully saturated rings. The Hall–Kier alpha value is -3.22. The van der Waals surface area contributed by atoms with E-state index < -0.39 is 0 Å². The Labute approximate surface area is 204 Å². The third kappa shape index (κ3) is 5.78. The Kier molecular flexibility index (Phi) is 8.20. The van der Waals surface area contributed by atoms with Crippen LogP contribution in [0.4, 0.5) is 5.69 Å². The summed E-state index contributed by atoms with van der Waals surface area (Å²) in [6, 6.07) is 10.3. The molecule has 0 radical (unpaired) electrons. The first kappa shape index (κ1) is 24.4. The average Bonchev–Trinajstić information content (AvgIpc) is 3.06. The lowest BCUT2D eigenvalue weighted by atomic mass is 10.2. The third-order valence-corrected chi connectivity index (χ3v) is 6.11. The first-order chi connectivity index (χ1) is 15.9. The molecule has 0 N–H and O–H groups in total. The standard InChI is InChI=1S/C24H21BrN2O5S/c1-5-11-32-21-18(25)12-15(13-19(21)30-4)14-20-22(28)27(3)24(33-20)26-17-9-7-16(8-10-17)23(29)31-6-2/h1,7-10,12-14H,6,11H2,2-4H3/b20-14-,26-24?. The van der Waals surface area contributed by atoms with Crippen LogP contribution in [0.5, 0.6) is 11.5 Å². The molecule has 0 saturated carbocycles. The van der Waals surface area contributed by atoms with Crippen molar-refractivity contribution >= 4 is 56.5 Å². The highest BCUT2D eigenvalue weighted by Gasteiger charge is 2.30. The molecule has 1 saturated heterocycles. The molecule has 0 atom stereocenters. The van der Waals surface area contributed by atoms with Gasteiger partial charge >= 0.3 is 5.97 Å². The van der Waals surface area contributed by atoms with E-state index in [2.05, 4.69) is 26.8 Å². The Morgan fingerprint density at radius 1 is 1.30 bits per heavy atom. The fourth-order valence-corrected chi connectivity index (χ4v) is 4.44. The highest BCUT2D eigenvalue weighted by Crippen LogP contribution is 2.39. The number of hydrogen-bond acceptors (Lipinski definition) is 7. The molecular formula is C24H21BrN2O5S. The van der Waals surface area contributed by atoms with Crippen LogP contribution in [0.15, 0.2) is 50.8 Å². The Balaban J connectivity index is 1.84. The minimum absolute atomic E-state index is 0.106. The molecule has 2 aromatic carbocycles. The van der Waals surface area contributed by atoms with Crippen LogP contribution in [-0.4, -0.2) is 49.3 Å².